The number of aromatic nitrogens is 2. The van der Waals surface area contributed by atoms with Crippen LogP contribution in [0.4, 0.5) is 8.78 Å². The smallest absolute Gasteiger partial charge is 0.358 e. The van der Waals surface area contributed by atoms with Crippen LogP contribution in [0.2, 0.25) is 0 Å². The Morgan fingerprint density at radius 1 is 1.44 bits per heavy atom. The zero-order chi connectivity index (χ0) is 13.3. The SMILES string of the molecule is N#CC(=C(O)C(F)(F)Br)c1nc2ccccc2[nH]1. The van der Waals surface area contributed by atoms with E-state index in [0.717, 1.165) is 0 Å². The predicted molar refractivity (Wildman–Crippen MR) is 65.1 cm³/mol. The van der Waals surface area contributed by atoms with Gasteiger partial charge in [-0.1, -0.05) is 12.1 Å². The van der Waals surface area contributed by atoms with Crippen LogP contribution in [0, 0.1) is 11.3 Å². The molecule has 0 spiro atoms. The Morgan fingerprint density at radius 2 is 2.11 bits per heavy atom. The molecule has 0 amide bonds. The van der Waals surface area contributed by atoms with Gasteiger partial charge in [0.05, 0.1) is 11.0 Å². The molecule has 0 atom stereocenters. The van der Waals surface area contributed by atoms with Crippen LogP contribution in [0.15, 0.2) is 30.0 Å². The average molecular weight is 314 g/mol. The van der Waals surface area contributed by atoms with E-state index in [0.29, 0.717) is 11.0 Å². The second-order valence-electron chi connectivity index (χ2n) is 3.44. The summed E-state index contributed by atoms with van der Waals surface area (Å²) in [5.74, 6) is -1.47. The van der Waals surface area contributed by atoms with Crippen molar-refractivity contribution in [1.82, 2.24) is 9.97 Å². The highest BCUT2D eigenvalue weighted by atomic mass is 79.9. The van der Waals surface area contributed by atoms with E-state index in [1.165, 1.54) is 6.07 Å². The van der Waals surface area contributed by atoms with Crippen LogP contribution >= 0.6 is 15.9 Å². The maximum absolute atomic E-state index is 12.9. The second-order valence-corrected chi connectivity index (χ2v) is 4.43. The van der Waals surface area contributed by atoms with Crippen LogP contribution in [0.25, 0.3) is 16.6 Å². The molecule has 92 valence electrons. The van der Waals surface area contributed by atoms with Gasteiger partial charge in [0.2, 0.25) is 0 Å². The maximum atomic E-state index is 12.9. The number of fused-ring (bicyclic) bond motifs is 1. The van der Waals surface area contributed by atoms with Gasteiger partial charge in [0.25, 0.3) is 0 Å². The standard InChI is InChI=1S/C11H6BrF2N3O/c12-11(13,14)9(18)6(5-15)10-16-7-3-1-2-4-8(7)17-10/h1-4,18H,(H,16,17). The van der Waals surface area contributed by atoms with Gasteiger partial charge in [-0.05, 0) is 28.1 Å². The van der Waals surface area contributed by atoms with E-state index in [4.69, 9.17) is 5.26 Å². The molecule has 0 unspecified atom stereocenters. The lowest BCUT2D eigenvalue weighted by Gasteiger charge is -2.07. The molecule has 0 aliphatic carbocycles. The monoisotopic (exact) mass is 313 g/mol. The fourth-order valence-corrected chi connectivity index (χ4v) is 1.63. The summed E-state index contributed by atoms with van der Waals surface area (Å²) < 4.78 is 25.8. The number of para-hydroxylation sites is 2. The van der Waals surface area contributed by atoms with E-state index < -0.39 is 16.2 Å². The van der Waals surface area contributed by atoms with Crippen molar-refractivity contribution in [2.24, 2.45) is 0 Å². The molecule has 4 nitrogen and oxygen atoms in total. The van der Waals surface area contributed by atoms with Gasteiger partial charge in [-0.2, -0.15) is 14.0 Å². The van der Waals surface area contributed by atoms with Crippen molar-refractivity contribution in [3.63, 3.8) is 0 Å². The fraction of sp³-hybridized carbons (Fsp3) is 0.0909. The molecule has 2 rings (SSSR count). The van der Waals surface area contributed by atoms with Crippen molar-refractivity contribution in [2.45, 2.75) is 4.83 Å². The number of hydrogen-bond donors (Lipinski definition) is 2. The normalized spacial score (nSPS) is 13.2. The molecule has 0 saturated heterocycles. The zero-order valence-electron chi connectivity index (χ0n) is 8.78. The van der Waals surface area contributed by atoms with E-state index in [9.17, 15) is 13.9 Å². The highest BCUT2D eigenvalue weighted by Gasteiger charge is 2.34. The molecule has 0 aliphatic heterocycles. The molecular weight excluding hydrogens is 308 g/mol. The topological polar surface area (TPSA) is 72.7 Å². The van der Waals surface area contributed by atoms with E-state index in [2.05, 4.69) is 9.97 Å². The summed E-state index contributed by atoms with van der Waals surface area (Å²) in [6.45, 7) is 0. The molecule has 1 heterocycles. The summed E-state index contributed by atoms with van der Waals surface area (Å²) in [7, 11) is 0. The van der Waals surface area contributed by atoms with Gasteiger partial charge in [-0.25, -0.2) is 4.98 Å². The molecule has 7 heteroatoms. The molecule has 0 saturated carbocycles. The van der Waals surface area contributed by atoms with Gasteiger partial charge in [0.15, 0.2) is 11.6 Å². The molecule has 18 heavy (non-hydrogen) atoms. The number of nitrogens with one attached hydrogen (secondary N) is 1. The van der Waals surface area contributed by atoms with Gasteiger partial charge in [0.1, 0.15) is 11.6 Å². The van der Waals surface area contributed by atoms with Crippen LogP contribution in [0.3, 0.4) is 0 Å². The average Bonchev–Trinajstić information content (AvgIpc) is 2.71. The molecule has 0 radical (unpaired) electrons. The largest absolute Gasteiger partial charge is 0.505 e. The summed E-state index contributed by atoms with van der Waals surface area (Å²) in [5, 5.41) is 18.2. The maximum Gasteiger partial charge on any atom is 0.358 e. The summed E-state index contributed by atoms with van der Waals surface area (Å²) in [6, 6.07) is 8.32. The number of aliphatic hydroxyl groups is 1. The molecule has 2 aromatic rings. The Bertz CT molecular complexity index is 634. The third-order valence-corrected chi connectivity index (χ3v) is 2.62. The summed E-state index contributed by atoms with van der Waals surface area (Å²) in [6.07, 6.45) is 0. The Balaban J connectivity index is 2.62. The Labute approximate surface area is 109 Å². The minimum Gasteiger partial charge on any atom is -0.505 e. The third-order valence-electron chi connectivity index (χ3n) is 2.24. The summed E-state index contributed by atoms with van der Waals surface area (Å²) in [4.78, 5) is 2.99. The Kier molecular flexibility index (Phi) is 3.05. The zero-order valence-corrected chi connectivity index (χ0v) is 10.4. The number of imidazole rings is 1. The number of hydrogen-bond acceptors (Lipinski definition) is 3. The highest BCUT2D eigenvalue weighted by molar-refractivity contribution is 9.10. The van der Waals surface area contributed by atoms with Gasteiger partial charge < -0.3 is 10.1 Å². The van der Waals surface area contributed by atoms with Crippen molar-refractivity contribution in [1.29, 1.82) is 5.26 Å². The van der Waals surface area contributed by atoms with Crippen LogP contribution < -0.4 is 0 Å². The lowest BCUT2D eigenvalue weighted by Crippen LogP contribution is -2.11. The van der Waals surface area contributed by atoms with E-state index in [-0.39, 0.29) is 5.82 Å². The first-order valence-electron chi connectivity index (χ1n) is 4.79. The lowest BCUT2D eigenvalue weighted by atomic mass is 10.2. The first-order valence-corrected chi connectivity index (χ1v) is 5.58. The second kappa shape index (κ2) is 4.38. The van der Waals surface area contributed by atoms with E-state index in [1.807, 2.05) is 15.9 Å². The molecule has 1 aromatic carbocycles. The van der Waals surface area contributed by atoms with Crippen molar-refractivity contribution in [3.8, 4) is 6.07 Å². The van der Waals surface area contributed by atoms with Crippen LogP contribution in [-0.4, -0.2) is 19.9 Å². The van der Waals surface area contributed by atoms with Gasteiger partial charge in [0, 0.05) is 0 Å². The van der Waals surface area contributed by atoms with Crippen LogP contribution in [0.5, 0.6) is 0 Å². The predicted octanol–water partition coefficient (Wildman–Crippen LogP) is 3.34. The molecular formula is C11H6BrF2N3O. The number of H-pyrrole nitrogens is 1. The molecule has 2 N–H and O–H groups in total. The van der Waals surface area contributed by atoms with Crippen LogP contribution in [-0.2, 0) is 0 Å². The van der Waals surface area contributed by atoms with E-state index >= 15 is 0 Å². The fourth-order valence-electron chi connectivity index (χ4n) is 1.43. The van der Waals surface area contributed by atoms with Gasteiger partial charge in [-0.3, -0.25) is 0 Å². The number of alkyl halides is 3. The number of aromatic amines is 1. The lowest BCUT2D eigenvalue weighted by molar-refractivity contribution is 0.102. The van der Waals surface area contributed by atoms with Crippen molar-refractivity contribution in [2.75, 3.05) is 0 Å². The number of aliphatic hydroxyl groups excluding tert-OH is 1. The van der Waals surface area contributed by atoms with Crippen molar-refractivity contribution >= 4 is 32.5 Å². The minimum atomic E-state index is -3.67. The summed E-state index contributed by atoms with van der Waals surface area (Å²) in [5.41, 5.74) is 0.505. The summed E-state index contributed by atoms with van der Waals surface area (Å²) >= 11 is 1.99. The minimum absolute atomic E-state index is 0.102. The van der Waals surface area contributed by atoms with E-state index in [1.54, 1.807) is 24.3 Å². The number of benzene rings is 1. The third kappa shape index (κ3) is 2.19. The number of nitriles is 1. The quantitative estimate of drug-likeness (QED) is 0.507. The molecule has 0 aliphatic rings. The molecule has 1 aromatic heterocycles. The van der Waals surface area contributed by atoms with Crippen molar-refractivity contribution < 1.29 is 13.9 Å². The van der Waals surface area contributed by atoms with Gasteiger partial charge >= 0.3 is 4.83 Å². The Morgan fingerprint density at radius 3 is 2.67 bits per heavy atom. The first kappa shape index (κ1) is 12.5. The number of allylic oxidation sites excluding steroid dienone is 2. The van der Waals surface area contributed by atoms with Gasteiger partial charge in [-0.15, -0.1) is 0 Å². The number of halogens is 3. The molecule has 0 fully saturated rings. The first-order chi connectivity index (χ1) is 8.43. The highest BCUT2D eigenvalue weighted by Crippen LogP contribution is 2.33. The molecule has 0 bridgehead atoms. The Hall–Kier alpha value is -1.94. The number of rotatable bonds is 2. The van der Waals surface area contributed by atoms with Crippen molar-refractivity contribution in [3.05, 3.63) is 35.8 Å². The number of nitrogens with zero attached hydrogens (tertiary/aromatic N) is 2. The van der Waals surface area contributed by atoms with Crippen LogP contribution in [0.1, 0.15) is 5.82 Å².